The van der Waals surface area contributed by atoms with Crippen molar-refractivity contribution < 1.29 is 4.74 Å². The van der Waals surface area contributed by atoms with Gasteiger partial charge in [0.2, 0.25) is 0 Å². The molecule has 1 aromatic rings. The Bertz CT molecular complexity index is 388. The number of rotatable bonds is 6. The predicted octanol–water partition coefficient (Wildman–Crippen LogP) is 2.41. The van der Waals surface area contributed by atoms with Crippen LogP contribution in [0, 0.1) is 5.92 Å². The van der Waals surface area contributed by atoms with E-state index in [2.05, 4.69) is 50.4 Å². The Morgan fingerprint density at radius 3 is 2.84 bits per heavy atom. The normalized spacial score (nSPS) is 25.1. The maximum Gasteiger partial charge on any atom is 0.0758 e. The maximum atomic E-state index is 5.91. The minimum Gasteiger partial charge on any atom is -0.376 e. The van der Waals surface area contributed by atoms with E-state index in [1.54, 1.807) is 0 Å². The van der Waals surface area contributed by atoms with E-state index < -0.39 is 0 Å². The van der Waals surface area contributed by atoms with E-state index >= 15 is 0 Å². The SMILES string of the molecule is CCNC(Cc1ccn(C(C)C)n1)C1OCCC1C. The Kier molecular flexibility index (Phi) is 4.99. The fraction of sp³-hybridized carbons (Fsp3) is 0.800. The summed E-state index contributed by atoms with van der Waals surface area (Å²) in [6.45, 7) is 10.6. The summed E-state index contributed by atoms with van der Waals surface area (Å²) in [6.07, 6.45) is 4.52. The molecule has 1 saturated heterocycles. The molecule has 1 N–H and O–H groups in total. The predicted molar refractivity (Wildman–Crippen MR) is 77.3 cm³/mol. The van der Waals surface area contributed by atoms with Gasteiger partial charge in [0.25, 0.3) is 0 Å². The molecular weight excluding hydrogens is 238 g/mol. The first-order valence-electron chi connectivity index (χ1n) is 7.50. The molecule has 3 atom stereocenters. The summed E-state index contributed by atoms with van der Waals surface area (Å²) >= 11 is 0. The number of nitrogens with one attached hydrogen (secondary N) is 1. The third-order valence-corrected chi connectivity index (χ3v) is 3.93. The lowest BCUT2D eigenvalue weighted by atomic mass is 9.94. The van der Waals surface area contributed by atoms with Crippen molar-refractivity contribution in [3.05, 3.63) is 18.0 Å². The molecule has 0 amide bonds. The van der Waals surface area contributed by atoms with Crippen LogP contribution < -0.4 is 5.32 Å². The Hall–Kier alpha value is -0.870. The van der Waals surface area contributed by atoms with Crippen molar-refractivity contribution in [2.45, 2.75) is 58.7 Å². The molecule has 0 saturated carbocycles. The van der Waals surface area contributed by atoms with Crippen molar-refractivity contribution >= 4 is 0 Å². The van der Waals surface area contributed by atoms with Gasteiger partial charge in [-0.15, -0.1) is 0 Å². The zero-order valence-electron chi connectivity index (χ0n) is 12.6. The van der Waals surface area contributed by atoms with Gasteiger partial charge in [-0.1, -0.05) is 13.8 Å². The molecule has 1 aliphatic heterocycles. The zero-order valence-corrected chi connectivity index (χ0v) is 12.6. The summed E-state index contributed by atoms with van der Waals surface area (Å²) in [5.41, 5.74) is 1.15. The topological polar surface area (TPSA) is 39.1 Å². The lowest BCUT2D eigenvalue weighted by Gasteiger charge is -2.26. The van der Waals surface area contributed by atoms with Gasteiger partial charge < -0.3 is 10.1 Å². The minimum atomic E-state index is 0.323. The first-order valence-corrected chi connectivity index (χ1v) is 7.50. The van der Waals surface area contributed by atoms with E-state index in [0.29, 0.717) is 24.1 Å². The summed E-state index contributed by atoms with van der Waals surface area (Å²) in [4.78, 5) is 0. The number of hydrogen-bond acceptors (Lipinski definition) is 3. The molecule has 0 bridgehead atoms. The maximum absolute atomic E-state index is 5.91. The van der Waals surface area contributed by atoms with Gasteiger partial charge in [0.15, 0.2) is 0 Å². The smallest absolute Gasteiger partial charge is 0.0758 e. The molecule has 0 aromatic carbocycles. The summed E-state index contributed by atoms with van der Waals surface area (Å²) in [6, 6.07) is 2.93. The molecule has 0 spiro atoms. The molecule has 108 valence electrons. The van der Waals surface area contributed by atoms with Crippen molar-refractivity contribution in [3.63, 3.8) is 0 Å². The summed E-state index contributed by atoms with van der Waals surface area (Å²) in [5.74, 6) is 0.635. The van der Waals surface area contributed by atoms with Gasteiger partial charge >= 0.3 is 0 Å². The van der Waals surface area contributed by atoms with Crippen molar-refractivity contribution in [3.8, 4) is 0 Å². The highest BCUT2D eigenvalue weighted by Crippen LogP contribution is 2.24. The largest absolute Gasteiger partial charge is 0.376 e. The minimum absolute atomic E-state index is 0.323. The third-order valence-electron chi connectivity index (χ3n) is 3.93. The van der Waals surface area contributed by atoms with Crippen LogP contribution in [0.5, 0.6) is 0 Å². The van der Waals surface area contributed by atoms with E-state index in [-0.39, 0.29) is 0 Å². The molecule has 19 heavy (non-hydrogen) atoms. The Balaban J connectivity index is 2.02. The van der Waals surface area contributed by atoms with Crippen LogP contribution >= 0.6 is 0 Å². The molecule has 0 radical (unpaired) electrons. The molecule has 4 heteroatoms. The average Bonchev–Trinajstić information content (AvgIpc) is 2.97. The zero-order chi connectivity index (χ0) is 13.8. The lowest BCUT2D eigenvalue weighted by Crippen LogP contribution is -2.43. The van der Waals surface area contributed by atoms with Gasteiger partial charge in [-0.25, -0.2) is 0 Å². The van der Waals surface area contributed by atoms with Crippen LogP contribution in [0.25, 0.3) is 0 Å². The van der Waals surface area contributed by atoms with Crippen LogP contribution in [0.4, 0.5) is 0 Å². The summed E-state index contributed by atoms with van der Waals surface area (Å²) < 4.78 is 7.93. The number of ether oxygens (including phenoxy) is 1. The van der Waals surface area contributed by atoms with E-state index in [1.165, 1.54) is 6.42 Å². The van der Waals surface area contributed by atoms with Gasteiger partial charge in [0.1, 0.15) is 0 Å². The van der Waals surface area contributed by atoms with Crippen LogP contribution in [-0.4, -0.2) is 35.1 Å². The highest BCUT2D eigenvalue weighted by molar-refractivity contribution is 5.04. The molecule has 1 aliphatic rings. The van der Waals surface area contributed by atoms with Crippen molar-refractivity contribution in [2.75, 3.05) is 13.2 Å². The van der Waals surface area contributed by atoms with Crippen molar-refractivity contribution in [1.82, 2.24) is 15.1 Å². The van der Waals surface area contributed by atoms with Gasteiger partial charge in [-0.2, -0.15) is 5.10 Å². The van der Waals surface area contributed by atoms with E-state index in [9.17, 15) is 0 Å². The van der Waals surface area contributed by atoms with Crippen LogP contribution in [0.15, 0.2) is 12.3 Å². The van der Waals surface area contributed by atoms with E-state index in [1.807, 2.05) is 4.68 Å². The standard InChI is InChI=1S/C15H27N3O/c1-5-16-14(15-12(4)7-9-19-15)10-13-6-8-18(17-13)11(2)3/h6,8,11-12,14-16H,5,7,9-10H2,1-4H3. The highest BCUT2D eigenvalue weighted by atomic mass is 16.5. The quantitative estimate of drug-likeness (QED) is 0.858. The first-order chi connectivity index (χ1) is 9.11. The number of likely N-dealkylation sites (N-methyl/N-ethyl adjacent to an activating group) is 1. The molecule has 3 unspecified atom stereocenters. The third kappa shape index (κ3) is 3.57. The van der Waals surface area contributed by atoms with Crippen molar-refractivity contribution in [1.29, 1.82) is 0 Å². The fourth-order valence-electron chi connectivity index (χ4n) is 2.80. The van der Waals surface area contributed by atoms with Crippen LogP contribution in [0.1, 0.15) is 45.9 Å². The second kappa shape index (κ2) is 6.53. The first kappa shape index (κ1) is 14.5. The molecule has 2 rings (SSSR count). The monoisotopic (exact) mass is 265 g/mol. The molecule has 0 aliphatic carbocycles. The second-order valence-electron chi connectivity index (χ2n) is 5.85. The van der Waals surface area contributed by atoms with Gasteiger partial charge in [0, 0.05) is 31.3 Å². The molecule has 1 aromatic heterocycles. The molecule has 1 fully saturated rings. The van der Waals surface area contributed by atoms with Gasteiger partial charge in [-0.3, -0.25) is 4.68 Å². The molecule has 4 nitrogen and oxygen atoms in total. The number of nitrogens with zero attached hydrogens (tertiary/aromatic N) is 2. The summed E-state index contributed by atoms with van der Waals surface area (Å²) in [7, 11) is 0. The number of hydrogen-bond donors (Lipinski definition) is 1. The summed E-state index contributed by atoms with van der Waals surface area (Å²) in [5, 5.41) is 8.22. The van der Waals surface area contributed by atoms with Crippen LogP contribution in [0.3, 0.4) is 0 Å². The number of aromatic nitrogens is 2. The Morgan fingerprint density at radius 2 is 2.32 bits per heavy atom. The Morgan fingerprint density at radius 1 is 1.53 bits per heavy atom. The highest BCUT2D eigenvalue weighted by Gasteiger charge is 2.32. The van der Waals surface area contributed by atoms with Gasteiger partial charge in [-0.05, 0) is 38.8 Å². The average molecular weight is 265 g/mol. The Labute approximate surface area is 116 Å². The van der Waals surface area contributed by atoms with Crippen molar-refractivity contribution in [2.24, 2.45) is 5.92 Å². The van der Waals surface area contributed by atoms with E-state index in [0.717, 1.165) is 25.3 Å². The van der Waals surface area contributed by atoms with Crippen LogP contribution in [-0.2, 0) is 11.2 Å². The lowest BCUT2D eigenvalue weighted by molar-refractivity contribution is 0.0611. The second-order valence-corrected chi connectivity index (χ2v) is 5.85. The molecular formula is C15H27N3O. The van der Waals surface area contributed by atoms with Gasteiger partial charge in [0.05, 0.1) is 11.8 Å². The molecule has 2 heterocycles. The van der Waals surface area contributed by atoms with Crippen LogP contribution in [0.2, 0.25) is 0 Å². The fourth-order valence-corrected chi connectivity index (χ4v) is 2.80. The van der Waals surface area contributed by atoms with E-state index in [4.69, 9.17) is 4.74 Å².